The van der Waals surface area contributed by atoms with Crippen LogP contribution < -0.4 is 0 Å². The lowest BCUT2D eigenvalue weighted by atomic mass is 9.82. The van der Waals surface area contributed by atoms with E-state index in [2.05, 4.69) is 37.8 Å². The molecule has 3 heteroatoms. The molecule has 3 nitrogen and oxygen atoms in total. The second kappa shape index (κ2) is 5.57. The van der Waals surface area contributed by atoms with Gasteiger partial charge in [-0.25, -0.2) is 0 Å². The fourth-order valence-corrected chi connectivity index (χ4v) is 3.09. The number of likely N-dealkylation sites (tertiary alicyclic amines) is 1. The summed E-state index contributed by atoms with van der Waals surface area (Å²) in [6.45, 7) is 10.8. The quantitative estimate of drug-likeness (QED) is 0.920. The highest BCUT2D eigenvalue weighted by Gasteiger charge is 2.37. The molecule has 110 valence electrons. The molecule has 1 N–H and O–H groups in total. The molecule has 0 radical (unpaired) electrons. The fourth-order valence-electron chi connectivity index (χ4n) is 3.09. The van der Waals surface area contributed by atoms with Gasteiger partial charge in [-0.1, -0.05) is 12.1 Å². The molecule has 0 aliphatic carbocycles. The summed E-state index contributed by atoms with van der Waals surface area (Å²) < 4.78 is 0. The number of carboxylic acid groups (broad SMARTS) is 1. The van der Waals surface area contributed by atoms with Gasteiger partial charge in [0, 0.05) is 13.1 Å². The van der Waals surface area contributed by atoms with E-state index in [1.165, 1.54) is 22.3 Å². The van der Waals surface area contributed by atoms with E-state index < -0.39 is 11.4 Å². The molecule has 1 saturated heterocycles. The number of carboxylic acids is 1. The van der Waals surface area contributed by atoms with E-state index in [0.29, 0.717) is 6.54 Å². The van der Waals surface area contributed by atoms with Crippen LogP contribution in [0.25, 0.3) is 0 Å². The molecule has 1 atom stereocenters. The maximum atomic E-state index is 11.4. The van der Waals surface area contributed by atoms with Crippen LogP contribution in [-0.4, -0.2) is 29.1 Å². The second-order valence-electron chi connectivity index (χ2n) is 6.54. The number of piperidine rings is 1. The van der Waals surface area contributed by atoms with Gasteiger partial charge >= 0.3 is 5.97 Å². The highest BCUT2D eigenvalue weighted by molar-refractivity contribution is 5.74. The van der Waals surface area contributed by atoms with Crippen molar-refractivity contribution in [2.24, 2.45) is 5.41 Å². The van der Waals surface area contributed by atoms with Crippen LogP contribution in [0, 0.1) is 26.2 Å². The average Bonchev–Trinajstić information content (AvgIpc) is 2.36. The summed E-state index contributed by atoms with van der Waals surface area (Å²) in [6, 6.07) is 4.47. The van der Waals surface area contributed by atoms with Crippen molar-refractivity contribution in [2.75, 3.05) is 13.1 Å². The van der Waals surface area contributed by atoms with Gasteiger partial charge in [0.25, 0.3) is 0 Å². The molecule has 0 spiro atoms. The number of rotatable bonds is 3. The van der Waals surface area contributed by atoms with Crippen molar-refractivity contribution in [1.82, 2.24) is 4.90 Å². The van der Waals surface area contributed by atoms with Gasteiger partial charge in [-0.15, -0.1) is 0 Å². The Labute approximate surface area is 121 Å². The van der Waals surface area contributed by atoms with Crippen LogP contribution in [0.15, 0.2) is 12.1 Å². The molecule has 1 aliphatic rings. The van der Waals surface area contributed by atoms with E-state index >= 15 is 0 Å². The Morgan fingerprint density at radius 2 is 1.90 bits per heavy atom. The molecular formula is C17H25NO2. The van der Waals surface area contributed by atoms with Crippen molar-refractivity contribution in [3.05, 3.63) is 34.4 Å². The molecule has 0 aromatic heterocycles. The van der Waals surface area contributed by atoms with Gasteiger partial charge in [0.15, 0.2) is 0 Å². The first-order valence-corrected chi connectivity index (χ1v) is 7.34. The minimum absolute atomic E-state index is 0.591. The zero-order chi connectivity index (χ0) is 14.9. The number of nitrogens with zero attached hydrogens (tertiary/aromatic N) is 1. The maximum absolute atomic E-state index is 11.4. The monoisotopic (exact) mass is 275 g/mol. The average molecular weight is 275 g/mol. The van der Waals surface area contributed by atoms with E-state index in [1.807, 2.05) is 6.92 Å². The lowest BCUT2D eigenvalue weighted by Crippen LogP contribution is -2.45. The molecular weight excluding hydrogens is 250 g/mol. The van der Waals surface area contributed by atoms with E-state index in [4.69, 9.17) is 0 Å². The standard InChI is InChI=1S/C17H25NO2/c1-12-8-14(3)15(9-13(12)2)10-18-7-5-6-17(4,11-18)16(19)20/h8-9H,5-7,10-11H2,1-4H3,(H,19,20). The highest BCUT2D eigenvalue weighted by Crippen LogP contribution is 2.31. The van der Waals surface area contributed by atoms with E-state index in [0.717, 1.165) is 25.9 Å². The van der Waals surface area contributed by atoms with Gasteiger partial charge in [-0.05, 0) is 69.3 Å². The molecule has 20 heavy (non-hydrogen) atoms. The molecule has 1 unspecified atom stereocenters. The van der Waals surface area contributed by atoms with Gasteiger partial charge < -0.3 is 5.11 Å². The predicted octanol–water partition coefficient (Wildman–Crippen LogP) is 3.30. The van der Waals surface area contributed by atoms with Crippen molar-refractivity contribution in [2.45, 2.75) is 47.1 Å². The molecule has 1 aromatic rings. The first kappa shape index (κ1) is 15.0. The lowest BCUT2D eigenvalue weighted by molar-refractivity contribution is -0.151. The lowest BCUT2D eigenvalue weighted by Gasteiger charge is -2.37. The van der Waals surface area contributed by atoms with Crippen LogP contribution in [0.4, 0.5) is 0 Å². The number of carbonyl (C=O) groups is 1. The summed E-state index contributed by atoms with van der Waals surface area (Å²) >= 11 is 0. The topological polar surface area (TPSA) is 40.5 Å². The summed E-state index contributed by atoms with van der Waals surface area (Å²) in [6.07, 6.45) is 1.75. The van der Waals surface area contributed by atoms with Crippen molar-refractivity contribution in [3.63, 3.8) is 0 Å². The Bertz CT molecular complexity index is 524. The first-order chi connectivity index (χ1) is 9.32. The van der Waals surface area contributed by atoms with E-state index in [-0.39, 0.29) is 0 Å². The fraction of sp³-hybridized carbons (Fsp3) is 0.588. The zero-order valence-corrected chi connectivity index (χ0v) is 13.0. The Morgan fingerprint density at radius 3 is 2.55 bits per heavy atom. The third kappa shape index (κ3) is 3.04. The summed E-state index contributed by atoms with van der Waals surface area (Å²) in [4.78, 5) is 13.7. The van der Waals surface area contributed by atoms with Crippen LogP contribution >= 0.6 is 0 Å². The van der Waals surface area contributed by atoms with Crippen molar-refractivity contribution >= 4 is 5.97 Å². The van der Waals surface area contributed by atoms with E-state index in [1.54, 1.807) is 0 Å². The molecule has 1 aliphatic heterocycles. The van der Waals surface area contributed by atoms with Gasteiger partial charge in [-0.2, -0.15) is 0 Å². The molecule has 0 amide bonds. The highest BCUT2D eigenvalue weighted by atomic mass is 16.4. The van der Waals surface area contributed by atoms with Crippen LogP contribution in [0.3, 0.4) is 0 Å². The van der Waals surface area contributed by atoms with Crippen molar-refractivity contribution in [3.8, 4) is 0 Å². The molecule has 0 saturated carbocycles. The molecule has 2 rings (SSSR count). The van der Waals surface area contributed by atoms with Crippen LogP contribution in [0.2, 0.25) is 0 Å². The predicted molar refractivity (Wildman–Crippen MR) is 80.9 cm³/mol. The van der Waals surface area contributed by atoms with Crippen LogP contribution in [0.1, 0.15) is 42.0 Å². The Morgan fingerprint density at radius 1 is 1.25 bits per heavy atom. The minimum Gasteiger partial charge on any atom is -0.481 e. The number of benzene rings is 1. The molecule has 1 heterocycles. The first-order valence-electron chi connectivity index (χ1n) is 7.34. The van der Waals surface area contributed by atoms with Crippen molar-refractivity contribution < 1.29 is 9.90 Å². The summed E-state index contributed by atoms with van der Waals surface area (Å²) in [5, 5.41) is 9.39. The smallest absolute Gasteiger partial charge is 0.310 e. The van der Waals surface area contributed by atoms with Gasteiger partial charge in [0.05, 0.1) is 5.41 Å². The minimum atomic E-state index is -0.668. The number of hydrogen-bond acceptors (Lipinski definition) is 2. The molecule has 1 aromatic carbocycles. The largest absolute Gasteiger partial charge is 0.481 e. The van der Waals surface area contributed by atoms with E-state index in [9.17, 15) is 9.90 Å². The molecule has 0 bridgehead atoms. The Hall–Kier alpha value is -1.35. The zero-order valence-electron chi connectivity index (χ0n) is 13.0. The van der Waals surface area contributed by atoms with Crippen LogP contribution in [0.5, 0.6) is 0 Å². The maximum Gasteiger partial charge on any atom is 0.310 e. The summed E-state index contributed by atoms with van der Waals surface area (Å²) in [5.41, 5.74) is 4.66. The summed E-state index contributed by atoms with van der Waals surface area (Å²) in [7, 11) is 0. The van der Waals surface area contributed by atoms with Gasteiger partial charge in [0.2, 0.25) is 0 Å². The summed E-state index contributed by atoms with van der Waals surface area (Å²) in [5.74, 6) is -0.668. The SMILES string of the molecule is Cc1cc(C)c(CN2CCCC(C)(C(=O)O)C2)cc1C. The third-order valence-corrected chi connectivity index (χ3v) is 4.64. The van der Waals surface area contributed by atoms with Crippen LogP contribution in [-0.2, 0) is 11.3 Å². The van der Waals surface area contributed by atoms with Crippen molar-refractivity contribution in [1.29, 1.82) is 0 Å². The van der Waals surface area contributed by atoms with Gasteiger partial charge in [-0.3, -0.25) is 9.69 Å². The number of aliphatic carboxylic acids is 1. The number of aryl methyl sites for hydroxylation is 3. The Balaban J connectivity index is 2.14. The third-order valence-electron chi connectivity index (χ3n) is 4.64. The number of hydrogen-bond donors (Lipinski definition) is 1. The van der Waals surface area contributed by atoms with Gasteiger partial charge in [0.1, 0.15) is 0 Å². The molecule has 1 fully saturated rings. The second-order valence-corrected chi connectivity index (χ2v) is 6.54. The Kier molecular flexibility index (Phi) is 4.19. The normalized spacial score (nSPS) is 23.8.